The largest absolute Gasteiger partial charge is 0.490 e. The Morgan fingerprint density at radius 2 is 2.15 bits per heavy atom. The van der Waals surface area contributed by atoms with Gasteiger partial charge in [0.1, 0.15) is 11.4 Å². The number of amides is 1. The van der Waals surface area contributed by atoms with E-state index in [0.29, 0.717) is 16.3 Å². The summed E-state index contributed by atoms with van der Waals surface area (Å²) in [6.07, 6.45) is 1.43. The van der Waals surface area contributed by atoms with Gasteiger partial charge in [-0.25, -0.2) is 5.43 Å². The molecule has 1 amide bonds. The van der Waals surface area contributed by atoms with Crippen LogP contribution in [0.1, 0.15) is 33.3 Å². The fourth-order valence-corrected chi connectivity index (χ4v) is 1.46. The molecule has 1 aromatic rings. The molecule has 6 heteroatoms. The summed E-state index contributed by atoms with van der Waals surface area (Å²) < 4.78 is 5.61. The van der Waals surface area contributed by atoms with Gasteiger partial charge in [-0.1, -0.05) is 11.6 Å². The molecule has 20 heavy (non-hydrogen) atoms. The normalized spacial score (nSPS) is 11.9. The highest BCUT2D eigenvalue weighted by Gasteiger charge is 2.22. The molecular formula is C14H19ClN2O3. The lowest BCUT2D eigenvalue weighted by atomic mass is 10.1. The van der Waals surface area contributed by atoms with Crippen LogP contribution < -0.4 is 10.2 Å². The van der Waals surface area contributed by atoms with Crippen LogP contribution in [0.4, 0.5) is 0 Å². The lowest BCUT2D eigenvalue weighted by Gasteiger charge is -2.14. The smallest absolute Gasteiger partial charge is 0.271 e. The minimum atomic E-state index is -1.48. The fourth-order valence-electron chi connectivity index (χ4n) is 1.28. The van der Waals surface area contributed by atoms with Crippen LogP contribution in [-0.2, 0) is 4.79 Å². The molecule has 110 valence electrons. The van der Waals surface area contributed by atoms with Crippen LogP contribution in [0.5, 0.6) is 5.75 Å². The molecule has 0 aliphatic heterocycles. The van der Waals surface area contributed by atoms with Crippen molar-refractivity contribution in [3.8, 4) is 5.75 Å². The summed E-state index contributed by atoms with van der Waals surface area (Å²) in [6.45, 7) is 6.58. The molecule has 0 saturated carbocycles. The van der Waals surface area contributed by atoms with Gasteiger partial charge >= 0.3 is 0 Å². The standard InChI is InChI=1S/C14H19ClN2O3/c1-9(2)20-12-6-5-11(15)7-10(12)8-16-17-13(18)14(3,4)19/h5-9,19H,1-4H3,(H,17,18). The number of aliphatic hydroxyl groups is 1. The van der Waals surface area contributed by atoms with E-state index >= 15 is 0 Å². The summed E-state index contributed by atoms with van der Waals surface area (Å²) >= 11 is 5.92. The number of rotatable bonds is 5. The Hall–Kier alpha value is -1.59. The summed E-state index contributed by atoms with van der Waals surface area (Å²) in [7, 11) is 0. The Morgan fingerprint density at radius 3 is 2.70 bits per heavy atom. The molecule has 1 aromatic carbocycles. The molecule has 0 atom stereocenters. The molecule has 1 rings (SSSR count). The van der Waals surface area contributed by atoms with Gasteiger partial charge in [-0.2, -0.15) is 5.10 Å². The maximum atomic E-state index is 11.5. The van der Waals surface area contributed by atoms with E-state index in [0.717, 1.165) is 0 Å². The average molecular weight is 299 g/mol. The number of hydrazone groups is 1. The zero-order chi connectivity index (χ0) is 15.3. The van der Waals surface area contributed by atoms with E-state index in [2.05, 4.69) is 10.5 Å². The topological polar surface area (TPSA) is 70.9 Å². The maximum absolute atomic E-state index is 11.5. The van der Waals surface area contributed by atoms with Gasteiger partial charge in [0.2, 0.25) is 0 Å². The lowest BCUT2D eigenvalue weighted by Crippen LogP contribution is -2.39. The molecular weight excluding hydrogens is 280 g/mol. The first kappa shape index (κ1) is 16.5. The van der Waals surface area contributed by atoms with Crippen molar-refractivity contribution in [2.45, 2.75) is 39.4 Å². The predicted molar refractivity (Wildman–Crippen MR) is 79.3 cm³/mol. The highest BCUT2D eigenvalue weighted by Crippen LogP contribution is 2.22. The van der Waals surface area contributed by atoms with Gasteiger partial charge in [0.05, 0.1) is 12.3 Å². The number of nitrogens with zero attached hydrogens (tertiary/aromatic N) is 1. The molecule has 2 N–H and O–H groups in total. The van der Waals surface area contributed by atoms with Crippen molar-refractivity contribution in [3.63, 3.8) is 0 Å². The van der Waals surface area contributed by atoms with Crippen molar-refractivity contribution < 1.29 is 14.6 Å². The summed E-state index contributed by atoms with van der Waals surface area (Å²) in [6, 6.07) is 5.13. The third-order valence-corrected chi connectivity index (χ3v) is 2.50. The number of nitrogens with one attached hydrogen (secondary N) is 1. The molecule has 0 fully saturated rings. The summed E-state index contributed by atoms with van der Waals surface area (Å²) in [5, 5.41) is 13.8. The van der Waals surface area contributed by atoms with E-state index in [4.69, 9.17) is 16.3 Å². The summed E-state index contributed by atoms with van der Waals surface area (Å²) in [5.74, 6) is 0.0211. The second-order valence-corrected chi connectivity index (χ2v) is 5.54. The average Bonchev–Trinajstić information content (AvgIpc) is 2.30. The van der Waals surface area contributed by atoms with E-state index in [1.54, 1.807) is 18.2 Å². The maximum Gasteiger partial charge on any atom is 0.271 e. The van der Waals surface area contributed by atoms with Crippen molar-refractivity contribution in [2.75, 3.05) is 0 Å². The van der Waals surface area contributed by atoms with Gasteiger partial charge in [0.25, 0.3) is 5.91 Å². The van der Waals surface area contributed by atoms with Crippen LogP contribution >= 0.6 is 11.6 Å². The molecule has 0 aliphatic rings. The third-order valence-electron chi connectivity index (χ3n) is 2.26. The lowest BCUT2D eigenvalue weighted by molar-refractivity contribution is -0.136. The zero-order valence-electron chi connectivity index (χ0n) is 12.0. The molecule has 0 heterocycles. The quantitative estimate of drug-likeness (QED) is 0.647. The number of halogens is 1. The Kier molecular flexibility index (Phi) is 5.53. The number of carbonyl (C=O) groups is 1. The highest BCUT2D eigenvalue weighted by atomic mass is 35.5. The monoisotopic (exact) mass is 298 g/mol. The molecule has 0 saturated heterocycles. The molecule has 0 radical (unpaired) electrons. The van der Waals surface area contributed by atoms with E-state index in [9.17, 15) is 9.90 Å². The summed E-state index contributed by atoms with van der Waals surface area (Å²) in [5.41, 5.74) is 1.41. The van der Waals surface area contributed by atoms with Gasteiger partial charge < -0.3 is 9.84 Å². The predicted octanol–water partition coefficient (Wildman–Crippen LogP) is 2.35. The Labute approximate surface area is 123 Å². The first-order chi connectivity index (χ1) is 9.20. The van der Waals surface area contributed by atoms with Gasteiger partial charge in [-0.15, -0.1) is 0 Å². The number of hydrogen-bond acceptors (Lipinski definition) is 4. The van der Waals surface area contributed by atoms with E-state index in [1.165, 1.54) is 20.1 Å². The number of hydrogen-bond donors (Lipinski definition) is 2. The van der Waals surface area contributed by atoms with Gasteiger partial charge in [0.15, 0.2) is 0 Å². The molecule has 0 unspecified atom stereocenters. The van der Waals surface area contributed by atoms with Crippen LogP contribution in [0.3, 0.4) is 0 Å². The van der Waals surface area contributed by atoms with E-state index < -0.39 is 11.5 Å². The van der Waals surface area contributed by atoms with Crippen molar-refractivity contribution >= 4 is 23.7 Å². The Bertz CT molecular complexity index is 508. The summed E-state index contributed by atoms with van der Waals surface area (Å²) in [4.78, 5) is 11.5. The fraction of sp³-hybridized carbons (Fsp3) is 0.429. The molecule has 5 nitrogen and oxygen atoms in total. The Morgan fingerprint density at radius 1 is 1.50 bits per heavy atom. The number of benzene rings is 1. The molecule has 0 aromatic heterocycles. The zero-order valence-corrected chi connectivity index (χ0v) is 12.7. The highest BCUT2D eigenvalue weighted by molar-refractivity contribution is 6.30. The molecule has 0 spiro atoms. The first-order valence-electron chi connectivity index (χ1n) is 6.22. The van der Waals surface area contributed by atoms with Gasteiger partial charge in [-0.05, 0) is 45.9 Å². The minimum Gasteiger partial charge on any atom is -0.490 e. The minimum absolute atomic E-state index is 0.00860. The van der Waals surface area contributed by atoms with Crippen molar-refractivity contribution in [1.82, 2.24) is 5.43 Å². The van der Waals surface area contributed by atoms with Crippen LogP contribution in [-0.4, -0.2) is 28.9 Å². The van der Waals surface area contributed by atoms with Gasteiger partial charge in [0, 0.05) is 10.6 Å². The second kappa shape index (κ2) is 6.72. The number of carbonyl (C=O) groups excluding carboxylic acids is 1. The first-order valence-corrected chi connectivity index (χ1v) is 6.60. The third kappa shape index (κ3) is 5.19. The SMILES string of the molecule is CC(C)Oc1ccc(Cl)cc1C=NNC(=O)C(C)(C)O. The Balaban J connectivity index is 2.85. The van der Waals surface area contributed by atoms with Crippen molar-refractivity contribution in [3.05, 3.63) is 28.8 Å². The molecule has 0 bridgehead atoms. The van der Waals surface area contributed by atoms with Crippen molar-refractivity contribution in [2.24, 2.45) is 5.10 Å². The van der Waals surface area contributed by atoms with E-state index in [-0.39, 0.29) is 6.10 Å². The van der Waals surface area contributed by atoms with Gasteiger partial charge in [-0.3, -0.25) is 4.79 Å². The van der Waals surface area contributed by atoms with Crippen molar-refractivity contribution in [1.29, 1.82) is 0 Å². The number of ether oxygens (including phenoxy) is 1. The van der Waals surface area contributed by atoms with Crippen LogP contribution in [0, 0.1) is 0 Å². The van der Waals surface area contributed by atoms with Crippen LogP contribution in [0.15, 0.2) is 23.3 Å². The molecule has 0 aliphatic carbocycles. The van der Waals surface area contributed by atoms with E-state index in [1.807, 2.05) is 13.8 Å². The second-order valence-electron chi connectivity index (χ2n) is 5.11. The van der Waals surface area contributed by atoms with Crippen LogP contribution in [0.25, 0.3) is 0 Å². The van der Waals surface area contributed by atoms with Crippen LogP contribution in [0.2, 0.25) is 5.02 Å².